The maximum absolute atomic E-state index is 11.7. The van der Waals surface area contributed by atoms with Crippen LogP contribution in [-0.2, 0) is 14.3 Å². The third kappa shape index (κ3) is 14.7. The van der Waals surface area contributed by atoms with Gasteiger partial charge in [0.05, 0.1) is 17.7 Å². The number of rotatable bonds is 13. The van der Waals surface area contributed by atoms with E-state index < -0.39 is 23.9 Å². The average Bonchev–Trinajstić information content (AvgIpc) is 2.68. The summed E-state index contributed by atoms with van der Waals surface area (Å²) in [5.41, 5.74) is 0.313. The third-order valence-corrected chi connectivity index (χ3v) is 3.66. The van der Waals surface area contributed by atoms with Crippen LogP contribution in [0.15, 0.2) is 24.3 Å². The summed E-state index contributed by atoms with van der Waals surface area (Å²) in [4.78, 5) is 42.2. The zero-order valence-electron chi connectivity index (χ0n) is 16.2. The van der Waals surface area contributed by atoms with E-state index in [1.165, 1.54) is 24.3 Å². The lowest BCUT2D eigenvalue weighted by molar-refractivity contribution is -0.139. The number of benzene rings is 1. The normalized spacial score (nSPS) is 9.83. The monoisotopic (exact) mass is 412 g/mol. The van der Waals surface area contributed by atoms with Crippen LogP contribution >= 0.6 is 0 Å². The average molecular weight is 412 g/mol. The number of unbranched alkanes of at least 4 members (excludes halogenated alkanes) is 4. The molecule has 1 rings (SSSR count). The molecule has 0 saturated heterocycles. The first-order chi connectivity index (χ1) is 13.8. The van der Waals surface area contributed by atoms with Crippen LogP contribution in [0.25, 0.3) is 0 Å². The van der Waals surface area contributed by atoms with Gasteiger partial charge in [-0.3, -0.25) is 9.59 Å². The van der Waals surface area contributed by atoms with Gasteiger partial charge < -0.3 is 25.2 Å². The van der Waals surface area contributed by atoms with Crippen LogP contribution in [0.2, 0.25) is 0 Å². The molecule has 0 fully saturated rings. The minimum atomic E-state index is -1.07. The zero-order chi connectivity index (χ0) is 22.1. The van der Waals surface area contributed by atoms with Gasteiger partial charge >= 0.3 is 23.9 Å². The number of aliphatic hydroxyl groups excluding tert-OH is 1. The van der Waals surface area contributed by atoms with Crippen molar-refractivity contribution in [2.24, 2.45) is 0 Å². The molecule has 0 heterocycles. The Morgan fingerprint density at radius 1 is 0.759 bits per heavy atom. The summed E-state index contributed by atoms with van der Waals surface area (Å²) in [6.45, 7) is 0.489. The first-order valence-electron chi connectivity index (χ1n) is 9.32. The van der Waals surface area contributed by atoms with Crippen LogP contribution in [0.4, 0.5) is 0 Å². The number of carbonyl (C=O) groups is 4. The van der Waals surface area contributed by atoms with Crippen molar-refractivity contribution < 1.29 is 44.3 Å². The Bertz CT molecular complexity index is 639. The van der Waals surface area contributed by atoms with E-state index in [-0.39, 0.29) is 30.6 Å². The maximum Gasteiger partial charge on any atom is 0.338 e. The molecule has 9 heteroatoms. The molecule has 1 aromatic rings. The Morgan fingerprint density at radius 3 is 1.83 bits per heavy atom. The van der Waals surface area contributed by atoms with E-state index in [2.05, 4.69) is 0 Å². The van der Waals surface area contributed by atoms with Crippen LogP contribution in [0.3, 0.4) is 0 Å². The highest BCUT2D eigenvalue weighted by Gasteiger charge is 2.10. The van der Waals surface area contributed by atoms with Crippen molar-refractivity contribution in [1.82, 2.24) is 0 Å². The van der Waals surface area contributed by atoms with Gasteiger partial charge in [-0.15, -0.1) is 0 Å². The van der Waals surface area contributed by atoms with E-state index in [4.69, 9.17) is 25.2 Å². The summed E-state index contributed by atoms with van der Waals surface area (Å²) in [7, 11) is 0. The topological polar surface area (TPSA) is 158 Å². The lowest BCUT2D eigenvalue weighted by atomic mass is 10.1. The summed E-state index contributed by atoms with van der Waals surface area (Å²) in [5.74, 6) is -3.32. The first kappa shape index (κ1) is 26.1. The minimum Gasteiger partial charge on any atom is -0.481 e. The van der Waals surface area contributed by atoms with Gasteiger partial charge in [-0.1, -0.05) is 12.5 Å². The quantitative estimate of drug-likeness (QED) is 0.282. The molecule has 0 spiro atoms. The molecule has 0 aromatic heterocycles. The fourth-order valence-corrected chi connectivity index (χ4v) is 2.15. The third-order valence-electron chi connectivity index (χ3n) is 3.66. The summed E-state index contributed by atoms with van der Waals surface area (Å²) in [6, 6.07) is 5.77. The standard InChI is InChI=1S/C14H18O5.C6H10O4/c15-8-3-1-2-4-9-19-14(18)12-7-5-6-11(10-12)13(16)17;7-5(8)3-1-2-4-6(9)10/h5-7,10,15H,1-4,8-9H2,(H,16,17);1-4H2,(H,7,8)(H,9,10). The number of aliphatic hydroxyl groups is 1. The minimum absolute atomic E-state index is 0.0628. The Hall–Kier alpha value is -2.94. The molecule has 0 amide bonds. The zero-order valence-corrected chi connectivity index (χ0v) is 16.2. The molecule has 162 valence electrons. The molecule has 0 aliphatic rings. The number of hydrogen-bond acceptors (Lipinski definition) is 6. The molecule has 29 heavy (non-hydrogen) atoms. The van der Waals surface area contributed by atoms with Crippen molar-refractivity contribution in [2.75, 3.05) is 13.2 Å². The second kappa shape index (κ2) is 16.1. The molecule has 0 atom stereocenters. The summed E-state index contributed by atoms with van der Waals surface area (Å²) >= 11 is 0. The van der Waals surface area contributed by atoms with Gasteiger partial charge in [0.2, 0.25) is 0 Å². The van der Waals surface area contributed by atoms with E-state index in [0.29, 0.717) is 19.4 Å². The number of hydrogen-bond donors (Lipinski definition) is 4. The maximum atomic E-state index is 11.7. The van der Waals surface area contributed by atoms with Gasteiger partial charge in [-0.25, -0.2) is 9.59 Å². The number of aromatic carboxylic acids is 1. The number of carboxylic acids is 3. The Kier molecular flexibility index (Phi) is 14.4. The molecule has 0 aliphatic heterocycles. The number of carbonyl (C=O) groups excluding carboxylic acids is 1. The van der Waals surface area contributed by atoms with E-state index in [1.54, 1.807) is 0 Å². The molecule has 0 bridgehead atoms. The van der Waals surface area contributed by atoms with E-state index >= 15 is 0 Å². The second-order valence-corrected chi connectivity index (χ2v) is 6.15. The lowest BCUT2D eigenvalue weighted by Crippen LogP contribution is -2.08. The fraction of sp³-hybridized carbons (Fsp3) is 0.500. The van der Waals surface area contributed by atoms with Crippen LogP contribution in [-0.4, -0.2) is 57.5 Å². The van der Waals surface area contributed by atoms with Crippen molar-refractivity contribution in [3.8, 4) is 0 Å². The summed E-state index contributed by atoms with van der Waals surface area (Å²) in [6.07, 6.45) is 4.31. The van der Waals surface area contributed by atoms with Crippen LogP contribution in [0.1, 0.15) is 72.1 Å². The SMILES string of the molecule is O=C(O)CCCCC(=O)O.O=C(O)c1cccc(C(=O)OCCCCCCO)c1. The Morgan fingerprint density at radius 2 is 1.31 bits per heavy atom. The highest BCUT2D eigenvalue weighted by Crippen LogP contribution is 2.08. The number of ether oxygens (including phenoxy) is 1. The van der Waals surface area contributed by atoms with Gasteiger partial charge in [-0.05, 0) is 50.3 Å². The van der Waals surface area contributed by atoms with Crippen molar-refractivity contribution in [2.45, 2.75) is 51.4 Å². The summed E-state index contributed by atoms with van der Waals surface area (Å²) < 4.78 is 5.05. The molecule has 0 saturated carbocycles. The van der Waals surface area contributed by atoms with E-state index in [1.807, 2.05) is 0 Å². The highest BCUT2D eigenvalue weighted by molar-refractivity contribution is 5.94. The van der Waals surface area contributed by atoms with Crippen LogP contribution < -0.4 is 0 Å². The molecule has 4 N–H and O–H groups in total. The molecule has 0 radical (unpaired) electrons. The first-order valence-corrected chi connectivity index (χ1v) is 9.32. The molecule has 9 nitrogen and oxygen atoms in total. The molecular weight excluding hydrogens is 384 g/mol. The van der Waals surface area contributed by atoms with Crippen LogP contribution in [0.5, 0.6) is 0 Å². The highest BCUT2D eigenvalue weighted by atomic mass is 16.5. The van der Waals surface area contributed by atoms with Crippen molar-refractivity contribution >= 4 is 23.9 Å². The van der Waals surface area contributed by atoms with E-state index in [0.717, 1.165) is 25.7 Å². The van der Waals surface area contributed by atoms with Gasteiger partial charge in [-0.2, -0.15) is 0 Å². The van der Waals surface area contributed by atoms with E-state index in [9.17, 15) is 19.2 Å². The predicted molar refractivity (Wildman–Crippen MR) is 103 cm³/mol. The lowest BCUT2D eigenvalue weighted by Gasteiger charge is -2.05. The Labute approximate surface area is 168 Å². The molecular formula is C20H28O9. The summed E-state index contributed by atoms with van der Waals surface area (Å²) in [5, 5.41) is 33.7. The Balaban J connectivity index is 0.000000665. The molecule has 1 aromatic carbocycles. The number of aliphatic carboxylic acids is 2. The fourth-order valence-electron chi connectivity index (χ4n) is 2.15. The second-order valence-electron chi connectivity index (χ2n) is 6.15. The van der Waals surface area contributed by atoms with Crippen molar-refractivity contribution in [1.29, 1.82) is 0 Å². The molecule has 0 unspecified atom stereocenters. The number of esters is 1. The predicted octanol–water partition coefficient (Wildman–Crippen LogP) is 2.81. The molecule has 0 aliphatic carbocycles. The van der Waals surface area contributed by atoms with Gasteiger partial charge in [0.1, 0.15) is 0 Å². The van der Waals surface area contributed by atoms with Crippen molar-refractivity contribution in [3.05, 3.63) is 35.4 Å². The van der Waals surface area contributed by atoms with Gasteiger partial charge in [0.25, 0.3) is 0 Å². The van der Waals surface area contributed by atoms with Crippen LogP contribution in [0, 0.1) is 0 Å². The smallest absolute Gasteiger partial charge is 0.338 e. The largest absolute Gasteiger partial charge is 0.481 e. The van der Waals surface area contributed by atoms with Gasteiger partial charge in [0.15, 0.2) is 0 Å². The van der Waals surface area contributed by atoms with Crippen molar-refractivity contribution in [3.63, 3.8) is 0 Å². The van der Waals surface area contributed by atoms with Gasteiger partial charge in [0, 0.05) is 19.4 Å². The number of carboxylic acid groups (broad SMARTS) is 3.